The van der Waals surface area contributed by atoms with Crippen LogP contribution in [0.2, 0.25) is 0 Å². The van der Waals surface area contributed by atoms with Crippen LogP contribution >= 0.6 is 0 Å². The first-order valence-corrected chi connectivity index (χ1v) is 12.4. The topological polar surface area (TPSA) is 66.5 Å². The van der Waals surface area contributed by atoms with Crippen LogP contribution in [0.25, 0.3) is 0 Å². The summed E-state index contributed by atoms with van der Waals surface area (Å²) in [6, 6.07) is 11.2. The van der Waals surface area contributed by atoms with Gasteiger partial charge in [0.25, 0.3) is 0 Å². The monoisotopic (exact) mass is 430 g/mol. The predicted molar refractivity (Wildman–Crippen MR) is 124 cm³/mol. The van der Waals surface area contributed by atoms with Gasteiger partial charge in [-0.1, -0.05) is 51.1 Å². The van der Waals surface area contributed by atoms with E-state index >= 15 is 0 Å². The molecule has 0 radical (unpaired) electrons. The quantitative estimate of drug-likeness (QED) is 0.645. The number of sulfonamides is 1. The molecular formula is C24H34N2O3S. The van der Waals surface area contributed by atoms with E-state index in [4.69, 9.17) is 0 Å². The van der Waals surface area contributed by atoms with Crippen LogP contribution in [0.3, 0.4) is 0 Å². The Kier molecular flexibility index (Phi) is 8.07. The maximum atomic E-state index is 13.1. The summed E-state index contributed by atoms with van der Waals surface area (Å²) in [5.74, 6) is -0.284. The van der Waals surface area contributed by atoms with Crippen molar-refractivity contribution < 1.29 is 13.2 Å². The summed E-state index contributed by atoms with van der Waals surface area (Å²) in [6.07, 6.45) is 3.34. The highest BCUT2D eigenvalue weighted by molar-refractivity contribution is 7.92. The molecule has 1 atom stereocenters. The van der Waals surface area contributed by atoms with E-state index in [0.717, 1.165) is 35.8 Å². The van der Waals surface area contributed by atoms with Crippen molar-refractivity contribution in [3.63, 3.8) is 0 Å². The maximum Gasteiger partial charge on any atom is 0.244 e. The SMILES string of the molecule is CCc1ccc(CC)c(CNC(=O)C(CC)N(c2cc(C)ccc2C)S(C)(=O)=O)c1. The van der Waals surface area contributed by atoms with E-state index in [2.05, 4.69) is 37.4 Å². The smallest absolute Gasteiger partial charge is 0.244 e. The molecule has 0 saturated carbocycles. The molecule has 0 heterocycles. The number of aryl methyl sites for hydroxylation is 4. The second-order valence-electron chi connectivity index (χ2n) is 7.80. The highest BCUT2D eigenvalue weighted by Gasteiger charge is 2.32. The fourth-order valence-corrected chi connectivity index (χ4v) is 4.96. The molecule has 1 unspecified atom stereocenters. The van der Waals surface area contributed by atoms with Gasteiger partial charge in [-0.05, 0) is 67.0 Å². The molecule has 0 saturated heterocycles. The van der Waals surface area contributed by atoms with Crippen molar-refractivity contribution in [3.05, 3.63) is 64.2 Å². The van der Waals surface area contributed by atoms with E-state index in [1.54, 1.807) is 0 Å². The van der Waals surface area contributed by atoms with Crippen molar-refractivity contribution in [1.82, 2.24) is 5.32 Å². The Balaban J connectivity index is 2.34. The first kappa shape index (κ1) is 23.9. The molecule has 5 nitrogen and oxygen atoms in total. The minimum atomic E-state index is -3.65. The van der Waals surface area contributed by atoms with Crippen molar-refractivity contribution in [2.24, 2.45) is 0 Å². The Morgan fingerprint density at radius 2 is 1.70 bits per heavy atom. The number of rotatable bonds is 9. The number of benzene rings is 2. The molecule has 0 aliphatic rings. The molecule has 0 aliphatic carbocycles. The summed E-state index contributed by atoms with van der Waals surface area (Å²) < 4.78 is 26.7. The van der Waals surface area contributed by atoms with Crippen LogP contribution in [-0.2, 0) is 34.2 Å². The van der Waals surface area contributed by atoms with E-state index < -0.39 is 16.1 Å². The zero-order valence-corrected chi connectivity index (χ0v) is 19.8. The lowest BCUT2D eigenvalue weighted by Crippen LogP contribution is -2.49. The third-order valence-corrected chi connectivity index (χ3v) is 6.61. The Morgan fingerprint density at radius 3 is 2.27 bits per heavy atom. The number of nitrogens with one attached hydrogen (secondary N) is 1. The fourth-order valence-electron chi connectivity index (χ4n) is 3.70. The number of carbonyl (C=O) groups is 1. The van der Waals surface area contributed by atoms with E-state index in [1.807, 2.05) is 39.0 Å². The first-order chi connectivity index (χ1) is 14.1. The largest absolute Gasteiger partial charge is 0.350 e. The molecule has 0 spiro atoms. The highest BCUT2D eigenvalue weighted by atomic mass is 32.2. The van der Waals surface area contributed by atoms with Crippen LogP contribution in [0.5, 0.6) is 0 Å². The van der Waals surface area contributed by atoms with Gasteiger partial charge in [-0.15, -0.1) is 0 Å². The first-order valence-electron chi connectivity index (χ1n) is 10.6. The van der Waals surface area contributed by atoms with Crippen LogP contribution in [0, 0.1) is 13.8 Å². The van der Waals surface area contributed by atoms with Crippen LogP contribution in [0.15, 0.2) is 36.4 Å². The summed E-state index contributed by atoms with van der Waals surface area (Å²) >= 11 is 0. The Bertz CT molecular complexity index is 1000. The van der Waals surface area contributed by atoms with Gasteiger partial charge in [-0.3, -0.25) is 9.10 Å². The summed E-state index contributed by atoms with van der Waals surface area (Å²) in [5.41, 5.74) is 5.82. The zero-order chi connectivity index (χ0) is 22.5. The number of nitrogens with zero attached hydrogens (tertiary/aromatic N) is 1. The van der Waals surface area contributed by atoms with Crippen LogP contribution in [-0.4, -0.2) is 26.6 Å². The third kappa shape index (κ3) is 5.63. The molecule has 1 N–H and O–H groups in total. The van der Waals surface area contributed by atoms with Gasteiger partial charge >= 0.3 is 0 Å². The minimum Gasteiger partial charge on any atom is -0.350 e. The lowest BCUT2D eigenvalue weighted by atomic mass is 10.0. The Hall–Kier alpha value is -2.34. The molecule has 30 heavy (non-hydrogen) atoms. The summed E-state index contributed by atoms with van der Waals surface area (Å²) in [7, 11) is -3.65. The molecule has 164 valence electrons. The fraction of sp³-hybridized carbons (Fsp3) is 0.458. The van der Waals surface area contributed by atoms with Crippen LogP contribution in [0.4, 0.5) is 5.69 Å². The van der Waals surface area contributed by atoms with Gasteiger partial charge in [0, 0.05) is 6.54 Å². The Labute approximate surface area is 181 Å². The minimum absolute atomic E-state index is 0.284. The van der Waals surface area contributed by atoms with Gasteiger partial charge in [0.1, 0.15) is 6.04 Å². The highest BCUT2D eigenvalue weighted by Crippen LogP contribution is 2.27. The van der Waals surface area contributed by atoms with Gasteiger partial charge in [-0.2, -0.15) is 0 Å². The lowest BCUT2D eigenvalue weighted by Gasteiger charge is -2.31. The number of anilines is 1. The number of amides is 1. The number of hydrogen-bond donors (Lipinski definition) is 1. The number of carbonyl (C=O) groups excluding carboxylic acids is 1. The molecule has 6 heteroatoms. The van der Waals surface area contributed by atoms with Gasteiger partial charge in [0.2, 0.25) is 15.9 Å². The van der Waals surface area contributed by atoms with Crippen molar-refractivity contribution in [1.29, 1.82) is 0 Å². The second-order valence-corrected chi connectivity index (χ2v) is 9.66. The summed E-state index contributed by atoms with van der Waals surface area (Å²) in [6.45, 7) is 10.2. The molecule has 2 aromatic rings. The Morgan fingerprint density at radius 1 is 1.00 bits per heavy atom. The zero-order valence-electron chi connectivity index (χ0n) is 19.0. The predicted octanol–water partition coefficient (Wildman–Crippen LogP) is 4.29. The standard InChI is InChI=1S/C24H34N2O3S/c1-7-19-12-13-20(8-2)21(15-19)16-25-24(27)22(9-3)26(30(6,28)29)23-14-17(4)10-11-18(23)5/h10-15,22H,7-9,16H2,1-6H3,(H,25,27). The third-order valence-electron chi connectivity index (χ3n) is 5.44. The average molecular weight is 431 g/mol. The average Bonchev–Trinajstić information content (AvgIpc) is 2.70. The molecule has 0 fully saturated rings. The van der Waals surface area contributed by atoms with Crippen LogP contribution in [0.1, 0.15) is 55.0 Å². The van der Waals surface area contributed by atoms with Crippen molar-refractivity contribution in [2.75, 3.05) is 10.6 Å². The molecule has 1 amide bonds. The van der Waals surface area contributed by atoms with Crippen LogP contribution < -0.4 is 9.62 Å². The van der Waals surface area contributed by atoms with Gasteiger partial charge in [0.05, 0.1) is 11.9 Å². The second kappa shape index (κ2) is 10.1. The van der Waals surface area contributed by atoms with Crippen molar-refractivity contribution in [2.45, 2.75) is 66.5 Å². The molecule has 0 aliphatic heterocycles. The van der Waals surface area contributed by atoms with Gasteiger partial charge < -0.3 is 5.32 Å². The summed E-state index contributed by atoms with van der Waals surface area (Å²) in [5, 5.41) is 2.99. The van der Waals surface area contributed by atoms with E-state index in [-0.39, 0.29) is 5.91 Å². The molecule has 0 bridgehead atoms. The lowest BCUT2D eigenvalue weighted by molar-refractivity contribution is -0.122. The van der Waals surface area contributed by atoms with Crippen molar-refractivity contribution >= 4 is 21.6 Å². The molecule has 2 aromatic carbocycles. The number of hydrogen-bond acceptors (Lipinski definition) is 3. The van der Waals surface area contributed by atoms with E-state index in [1.165, 1.54) is 15.4 Å². The normalized spacial score (nSPS) is 12.5. The molecule has 0 aromatic heterocycles. The van der Waals surface area contributed by atoms with Gasteiger partial charge in [-0.25, -0.2) is 8.42 Å². The molecule has 2 rings (SSSR count). The maximum absolute atomic E-state index is 13.1. The van der Waals surface area contributed by atoms with E-state index in [0.29, 0.717) is 18.7 Å². The van der Waals surface area contributed by atoms with E-state index in [9.17, 15) is 13.2 Å². The molecular weight excluding hydrogens is 396 g/mol. The summed E-state index contributed by atoms with van der Waals surface area (Å²) in [4.78, 5) is 13.1. The van der Waals surface area contributed by atoms with Gasteiger partial charge in [0.15, 0.2) is 0 Å². The van der Waals surface area contributed by atoms with Crippen molar-refractivity contribution in [3.8, 4) is 0 Å².